The fraction of sp³-hybridized carbons (Fsp3) is 0.286. The molecule has 2 aromatic rings. The maximum atomic E-state index is 12.1. The molecule has 0 atom stereocenters. The van der Waals surface area contributed by atoms with Gasteiger partial charge < -0.3 is 4.90 Å². The quantitative estimate of drug-likeness (QED) is 0.831. The highest BCUT2D eigenvalue weighted by Gasteiger charge is 2.13. The number of amides is 1. The Labute approximate surface area is 112 Å². The van der Waals surface area contributed by atoms with Crippen LogP contribution in [0.2, 0.25) is 0 Å². The number of likely N-dealkylation sites (N-methyl/N-ethyl adjacent to an activating group) is 1. The zero-order valence-corrected chi connectivity index (χ0v) is 11.1. The lowest BCUT2D eigenvalue weighted by Gasteiger charge is -2.16. The van der Waals surface area contributed by atoms with Crippen LogP contribution in [-0.4, -0.2) is 39.4 Å². The first-order valence-corrected chi connectivity index (χ1v) is 6.11. The van der Waals surface area contributed by atoms with Crippen molar-refractivity contribution < 1.29 is 4.79 Å². The van der Waals surface area contributed by atoms with Crippen molar-refractivity contribution in [3.8, 4) is 0 Å². The van der Waals surface area contributed by atoms with Gasteiger partial charge in [-0.1, -0.05) is 0 Å². The van der Waals surface area contributed by atoms with Gasteiger partial charge in [0, 0.05) is 32.2 Å². The third-order valence-corrected chi connectivity index (χ3v) is 2.83. The average Bonchev–Trinajstić information content (AvgIpc) is 2.45. The van der Waals surface area contributed by atoms with Crippen LogP contribution in [0, 0.1) is 6.92 Å². The first-order valence-electron chi connectivity index (χ1n) is 6.11. The van der Waals surface area contributed by atoms with E-state index in [1.807, 2.05) is 12.1 Å². The predicted octanol–water partition coefficient (Wildman–Crippen LogP) is 1.49. The van der Waals surface area contributed by atoms with Crippen LogP contribution in [0.25, 0.3) is 0 Å². The molecule has 0 aliphatic rings. The third kappa shape index (κ3) is 3.58. The molecule has 0 N–H and O–H groups in total. The molecule has 0 aliphatic heterocycles. The van der Waals surface area contributed by atoms with Crippen LogP contribution < -0.4 is 0 Å². The standard InChI is InChI=1S/C14H16N4O/c1-11-16-9-5-13(17-11)14(19)18(2)10-6-12-3-7-15-8-4-12/h3-5,7-9H,6,10H2,1-2H3. The van der Waals surface area contributed by atoms with Crippen molar-refractivity contribution in [3.05, 3.63) is 53.9 Å². The van der Waals surface area contributed by atoms with Crippen LogP contribution >= 0.6 is 0 Å². The van der Waals surface area contributed by atoms with Crippen molar-refractivity contribution in [2.75, 3.05) is 13.6 Å². The van der Waals surface area contributed by atoms with E-state index < -0.39 is 0 Å². The number of hydrogen-bond donors (Lipinski definition) is 0. The van der Waals surface area contributed by atoms with Gasteiger partial charge in [-0.25, -0.2) is 9.97 Å². The van der Waals surface area contributed by atoms with Gasteiger partial charge in [0.15, 0.2) is 0 Å². The molecular formula is C14H16N4O. The second-order valence-electron chi connectivity index (χ2n) is 4.32. The van der Waals surface area contributed by atoms with Gasteiger partial charge in [-0.2, -0.15) is 0 Å². The fourth-order valence-electron chi connectivity index (χ4n) is 1.72. The Morgan fingerprint density at radius 2 is 1.95 bits per heavy atom. The molecule has 0 fully saturated rings. The van der Waals surface area contributed by atoms with Gasteiger partial charge in [-0.15, -0.1) is 0 Å². The molecule has 5 nitrogen and oxygen atoms in total. The minimum Gasteiger partial charge on any atom is -0.340 e. The Balaban J connectivity index is 1.96. The fourth-order valence-corrected chi connectivity index (χ4v) is 1.72. The Kier molecular flexibility index (Phi) is 4.18. The second-order valence-corrected chi connectivity index (χ2v) is 4.32. The van der Waals surface area contributed by atoms with Gasteiger partial charge in [0.2, 0.25) is 0 Å². The minimum absolute atomic E-state index is 0.0837. The molecule has 0 saturated carbocycles. The van der Waals surface area contributed by atoms with Gasteiger partial charge in [0.1, 0.15) is 11.5 Å². The van der Waals surface area contributed by atoms with Crippen LogP contribution in [0.4, 0.5) is 0 Å². The Bertz CT molecular complexity index is 556. The first-order chi connectivity index (χ1) is 9.16. The highest BCUT2D eigenvalue weighted by Crippen LogP contribution is 2.03. The minimum atomic E-state index is -0.0837. The molecule has 0 bridgehead atoms. The second kappa shape index (κ2) is 6.04. The SMILES string of the molecule is Cc1nccc(C(=O)N(C)CCc2ccncc2)n1. The van der Waals surface area contributed by atoms with E-state index in [0.717, 1.165) is 12.0 Å². The van der Waals surface area contributed by atoms with E-state index in [-0.39, 0.29) is 5.91 Å². The summed E-state index contributed by atoms with van der Waals surface area (Å²) in [5, 5.41) is 0. The molecule has 2 rings (SSSR count). The van der Waals surface area contributed by atoms with Crippen LogP contribution in [-0.2, 0) is 6.42 Å². The molecule has 5 heteroatoms. The van der Waals surface area contributed by atoms with Crippen molar-refractivity contribution in [1.82, 2.24) is 19.9 Å². The molecule has 19 heavy (non-hydrogen) atoms. The lowest BCUT2D eigenvalue weighted by Crippen LogP contribution is -2.29. The van der Waals surface area contributed by atoms with Crippen molar-refractivity contribution in [1.29, 1.82) is 0 Å². The lowest BCUT2D eigenvalue weighted by molar-refractivity contribution is 0.0790. The van der Waals surface area contributed by atoms with E-state index >= 15 is 0 Å². The number of aryl methyl sites for hydroxylation is 1. The van der Waals surface area contributed by atoms with Crippen molar-refractivity contribution >= 4 is 5.91 Å². The van der Waals surface area contributed by atoms with Crippen LogP contribution in [0.5, 0.6) is 0 Å². The van der Waals surface area contributed by atoms with Crippen LogP contribution in [0.15, 0.2) is 36.8 Å². The summed E-state index contributed by atoms with van der Waals surface area (Å²) in [6.07, 6.45) is 5.91. The number of rotatable bonds is 4. The molecule has 98 valence electrons. The third-order valence-electron chi connectivity index (χ3n) is 2.83. The molecule has 0 aliphatic carbocycles. The molecule has 2 aromatic heterocycles. The lowest BCUT2D eigenvalue weighted by atomic mass is 10.2. The number of carbonyl (C=O) groups is 1. The summed E-state index contributed by atoms with van der Waals surface area (Å²) in [6.45, 7) is 2.42. The van der Waals surface area contributed by atoms with E-state index in [4.69, 9.17) is 0 Å². The van der Waals surface area contributed by atoms with E-state index in [2.05, 4.69) is 15.0 Å². The van der Waals surface area contributed by atoms with Crippen LogP contribution in [0.1, 0.15) is 21.9 Å². The molecular weight excluding hydrogens is 240 g/mol. The van der Waals surface area contributed by atoms with Gasteiger partial charge >= 0.3 is 0 Å². The maximum absolute atomic E-state index is 12.1. The first kappa shape index (κ1) is 13.1. The van der Waals surface area contributed by atoms with E-state index in [9.17, 15) is 4.79 Å². The topological polar surface area (TPSA) is 59.0 Å². The van der Waals surface area contributed by atoms with E-state index in [1.54, 1.807) is 43.5 Å². The number of carbonyl (C=O) groups excluding carboxylic acids is 1. The Hall–Kier alpha value is -2.30. The van der Waals surface area contributed by atoms with E-state index in [0.29, 0.717) is 18.1 Å². The highest BCUT2D eigenvalue weighted by molar-refractivity contribution is 5.92. The van der Waals surface area contributed by atoms with Crippen molar-refractivity contribution in [2.45, 2.75) is 13.3 Å². The number of pyridine rings is 1. The van der Waals surface area contributed by atoms with Crippen molar-refractivity contribution in [2.24, 2.45) is 0 Å². The Morgan fingerprint density at radius 1 is 1.21 bits per heavy atom. The summed E-state index contributed by atoms with van der Waals surface area (Å²) in [6, 6.07) is 5.54. The zero-order chi connectivity index (χ0) is 13.7. The number of hydrogen-bond acceptors (Lipinski definition) is 4. The summed E-state index contributed by atoms with van der Waals surface area (Å²) in [5.41, 5.74) is 1.60. The molecule has 0 unspecified atom stereocenters. The summed E-state index contributed by atoms with van der Waals surface area (Å²) < 4.78 is 0. The summed E-state index contributed by atoms with van der Waals surface area (Å²) >= 11 is 0. The number of aromatic nitrogens is 3. The molecule has 0 aromatic carbocycles. The normalized spacial score (nSPS) is 10.2. The zero-order valence-electron chi connectivity index (χ0n) is 11.1. The van der Waals surface area contributed by atoms with Gasteiger partial charge in [-0.05, 0) is 37.1 Å². The smallest absolute Gasteiger partial charge is 0.272 e. The molecule has 1 amide bonds. The Morgan fingerprint density at radius 3 is 2.63 bits per heavy atom. The molecule has 2 heterocycles. The molecule has 0 spiro atoms. The number of nitrogens with zero attached hydrogens (tertiary/aromatic N) is 4. The maximum Gasteiger partial charge on any atom is 0.272 e. The van der Waals surface area contributed by atoms with Crippen LogP contribution in [0.3, 0.4) is 0 Å². The summed E-state index contributed by atoms with van der Waals surface area (Å²) in [5.74, 6) is 0.521. The summed E-state index contributed by atoms with van der Waals surface area (Å²) in [7, 11) is 1.78. The van der Waals surface area contributed by atoms with Gasteiger partial charge in [0.05, 0.1) is 0 Å². The van der Waals surface area contributed by atoms with Crippen molar-refractivity contribution in [3.63, 3.8) is 0 Å². The monoisotopic (exact) mass is 256 g/mol. The predicted molar refractivity (Wildman–Crippen MR) is 71.7 cm³/mol. The molecule has 0 radical (unpaired) electrons. The molecule has 0 saturated heterocycles. The highest BCUT2D eigenvalue weighted by atomic mass is 16.2. The average molecular weight is 256 g/mol. The largest absolute Gasteiger partial charge is 0.340 e. The van der Waals surface area contributed by atoms with E-state index in [1.165, 1.54) is 0 Å². The van der Waals surface area contributed by atoms with Gasteiger partial charge in [0.25, 0.3) is 5.91 Å². The summed E-state index contributed by atoms with van der Waals surface area (Å²) in [4.78, 5) is 25.9. The van der Waals surface area contributed by atoms with Gasteiger partial charge in [-0.3, -0.25) is 9.78 Å².